The summed E-state index contributed by atoms with van der Waals surface area (Å²) in [5.41, 5.74) is 0. The minimum Gasteiger partial charge on any atom is -0.459 e. The molecule has 4 nitrogen and oxygen atoms in total. The van der Waals surface area contributed by atoms with Gasteiger partial charge in [0.05, 0.1) is 17.3 Å². The van der Waals surface area contributed by atoms with Crippen LogP contribution in [0.25, 0.3) is 0 Å². The van der Waals surface area contributed by atoms with Crippen LogP contribution in [0.1, 0.15) is 47.3 Å². The van der Waals surface area contributed by atoms with Crippen molar-refractivity contribution >= 4 is 17.3 Å². The molecule has 2 rings (SSSR count). The van der Waals surface area contributed by atoms with Gasteiger partial charge in [-0.15, -0.1) is 11.3 Å². The van der Waals surface area contributed by atoms with Gasteiger partial charge in [0, 0.05) is 19.1 Å². The van der Waals surface area contributed by atoms with Gasteiger partial charge in [0.15, 0.2) is 0 Å². The molecule has 1 aliphatic heterocycles. The van der Waals surface area contributed by atoms with E-state index in [0.717, 1.165) is 31.1 Å². The fraction of sp³-hybridized carbons (Fsp3) is 0.667. The molecule has 1 aliphatic rings. The second kappa shape index (κ2) is 5.60. The van der Waals surface area contributed by atoms with Crippen LogP contribution < -0.4 is 0 Å². The van der Waals surface area contributed by atoms with Crippen molar-refractivity contribution in [2.24, 2.45) is 0 Å². The highest BCUT2D eigenvalue weighted by Crippen LogP contribution is 2.30. The Hall–Kier alpha value is -0.940. The molecule has 1 fully saturated rings. The van der Waals surface area contributed by atoms with Crippen LogP contribution in [0, 0.1) is 0 Å². The molecule has 0 aromatic carbocycles. The van der Waals surface area contributed by atoms with Crippen LogP contribution in [0.15, 0.2) is 6.20 Å². The van der Waals surface area contributed by atoms with Crippen molar-refractivity contribution in [2.75, 3.05) is 13.2 Å². The average molecular weight is 255 g/mol. The molecule has 94 valence electrons. The lowest BCUT2D eigenvalue weighted by molar-refractivity contribution is 0.0383. The quantitative estimate of drug-likeness (QED) is 0.779. The van der Waals surface area contributed by atoms with Gasteiger partial charge in [0.2, 0.25) is 0 Å². The molecule has 2 heterocycles. The third-order valence-corrected chi connectivity index (χ3v) is 3.78. The minimum absolute atomic E-state index is 0.0869. The van der Waals surface area contributed by atoms with Crippen LogP contribution in [0.2, 0.25) is 0 Å². The van der Waals surface area contributed by atoms with Gasteiger partial charge in [-0.3, -0.25) is 0 Å². The van der Waals surface area contributed by atoms with Gasteiger partial charge >= 0.3 is 5.97 Å². The number of carbonyl (C=O) groups is 1. The fourth-order valence-corrected chi connectivity index (χ4v) is 2.76. The zero-order valence-corrected chi connectivity index (χ0v) is 11.0. The summed E-state index contributed by atoms with van der Waals surface area (Å²) in [7, 11) is 0. The number of esters is 1. The fourth-order valence-electron chi connectivity index (χ4n) is 1.79. The highest BCUT2D eigenvalue weighted by atomic mass is 32.1. The molecule has 0 saturated carbocycles. The first-order valence-corrected chi connectivity index (χ1v) is 6.73. The van der Waals surface area contributed by atoms with Crippen LogP contribution in [-0.4, -0.2) is 30.3 Å². The molecule has 1 aromatic heterocycles. The highest BCUT2D eigenvalue weighted by Gasteiger charge is 2.21. The molecule has 17 heavy (non-hydrogen) atoms. The van der Waals surface area contributed by atoms with E-state index in [1.807, 2.05) is 13.8 Å². The van der Waals surface area contributed by atoms with E-state index in [-0.39, 0.29) is 12.1 Å². The molecule has 0 amide bonds. The SMILES string of the molecule is CC(C)OC(=O)c1cnc(C2CCOCC2)s1. The Bertz CT molecular complexity index is 383. The van der Waals surface area contributed by atoms with E-state index >= 15 is 0 Å². The molecule has 1 saturated heterocycles. The van der Waals surface area contributed by atoms with Crippen LogP contribution in [-0.2, 0) is 9.47 Å². The minimum atomic E-state index is -0.268. The molecule has 0 unspecified atom stereocenters. The van der Waals surface area contributed by atoms with E-state index in [1.165, 1.54) is 11.3 Å². The number of aromatic nitrogens is 1. The first-order valence-electron chi connectivity index (χ1n) is 5.91. The second-order valence-corrected chi connectivity index (χ2v) is 5.47. The molecule has 0 radical (unpaired) electrons. The summed E-state index contributed by atoms with van der Waals surface area (Å²) in [6.45, 7) is 5.27. The van der Waals surface area contributed by atoms with Crippen LogP contribution >= 0.6 is 11.3 Å². The van der Waals surface area contributed by atoms with E-state index in [9.17, 15) is 4.79 Å². The van der Waals surface area contributed by atoms with Gasteiger partial charge in [-0.05, 0) is 26.7 Å². The van der Waals surface area contributed by atoms with Crippen molar-refractivity contribution in [1.82, 2.24) is 4.98 Å². The summed E-state index contributed by atoms with van der Waals surface area (Å²) < 4.78 is 10.5. The zero-order chi connectivity index (χ0) is 12.3. The van der Waals surface area contributed by atoms with E-state index in [4.69, 9.17) is 9.47 Å². The van der Waals surface area contributed by atoms with E-state index in [0.29, 0.717) is 10.8 Å². The van der Waals surface area contributed by atoms with Crippen molar-refractivity contribution in [1.29, 1.82) is 0 Å². The van der Waals surface area contributed by atoms with E-state index in [1.54, 1.807) is 6.20 Å². The highest BCUT2D eigenvalue weighted by molar-refractivity contribution is 7.13. The number of carbonyl (C=O) groups excluding carboxylic acids is 1. The molecule has 0 atom stereocenters. The van der Waals surface area contributed by atoms with Crippen LogP contribution in [0.5, 0.6) is 0 Å². The molecule has 0 N–H and O–H groups in total. The van der Waals surface area contributed by atoms with Crippen LogP contribution in [0.4, 0.5) is 0 Å². The lowest BCUT2D eigenvalue weighted by Gasteiger charge is -2.19. The Morgan fingerprint density at radius 3 is 2.88 bits per heavy atom. The lowest BCUT2D eigenvalue weighted by Crippen LogP contribution is -2.13. The van der Waals surface area contributed by atoms with Gasteiger partial charge in [0.1, 0.15) is 4.88 Å². The van der Waals surface area contributed by atoms with Crippen molar-refractivity contribution < 1.29 is 14.3 Å². The molecular formula is C12H17NO3S. The Kier molecular flexibility index (Phi) is 4.12. The predicted octanol–water partition coefficient (Wildman–Crippen LogP) is 2.60. The molecule has 5 heteroatoms. The summed E-state index contributed by atoms with van der Waals surface area (Å²) >= 11 is 1.45. The molecule has 1 aromatic rings. The number of hydrogen-bond donors (Lipinski definition) is 0. The topological polar surface area (TPSA) is 48.4 Å². The van der Waals surface area contributed by atoms with Crippen molar-refractivity contribution in [3.05, 3.63) is 16.1 Å². The molecule has 0 spiro atoms. The number of rotatable bonds is 3. The Balaban J connectivity index is 2.02. The smallest absolute Gasteiger partial charge is 0.350 e. The predicted molar refractivity (Wildman–Crippen MR) is 65.5 cm³/mol. The molecule has 0 bridgehead atoms. The summed E-state index contributed by atoms with van der Waals surface area (Å²) in [6, 6.07) is 0. The molecule has 0 aliphatic carbocycles. The summed E-state index contributed by atoms with van der Waals surface area (Å²) in [4.78, 5) is 16.6. The van der Waals surface area contributed by atoms with Gasteiger partial charge in [-0.25, -0.2) is 9.78 Å². The largest absolute Gasteiger partial charge is 0.459 e. The van der Waals surface area contributed by atoms with E-state index in [2.05, 4.69) is 4.98 Å². The van der Waals surface area contributed by atoms with Gasteiger partial charge in [-0.2, -0.15) is 0 Å². The normalized spacial score (nSPS) is 17.4. The summed E-state index contributed by atoms with van der Waals surface area (Å²) in [6.07, 6.45) is 3.52. The Morgan fingerprint density at radius 1 is 1.53 bits per heavy atom. The van der Waals surface area contributed by atoms with Crippen LogP contribution in [0.3, 0.4) is 0 Å². The van der Waals surface area contributed by atoms with Gasteiger partial charge < -0.3 is 9.47 Å². The summed E-state index contributed by atoms with van der Waals surface area (Å²) in [5, 5.41) is 1.03. The van der Waals surface area contributed by atoms with E-state index < -0.39 is 0 Å². The first-order chi connectivity index (χ1) is 8.16. The molecular weight excluding hydrogens is 238 g/mol. The third kappa shape index (κ3) is 3.26. The zero-order valence-electron chi connectivity index (χ0n) is 10.1. The van der Waals surface area contributed by atoms with Crippen molar-refractivity contribution in [2.45, 2.75) is 38.7 Å². The third-order valence-electron chi connectivity index (χ3n) is 2.64. The monoisotopic (exact) mass is 255 g/mol. The first kappa shape index (κ1) is 12.5. The average Bonchev–Trinajstić information content (AvgIpc) is 2.78. The summed E-state index contributed by atoms with van der Waals surface area (Å²) in [5.74, 6) is 0.171. The Labute approximate surface area is 105 Å². The number of ether oxygens (including phenoxy) is 2. The van der Waals surface area contributed by atoms with Crippen molar-refractivity contribution in [3.8, 4) is 0 Å². The Morgan fingerprint density at radius 2 is 2.24 bits per heavy atom. The second-order valence-electron chi connectivity index (χ2n) is 4.40. The van der Waals surface area contributed by atoms with Gasteiger partial charge in [0.25, 0.3) is 0 Å². The van der Waals surface area contributed by atoms with Crippen molar-refractivity contribution in [3.63, 3.8) is 0 Å². The maximum absolute atomic E-state index is 11.7. The standard InChI is InChI=1S/C12H17NO3S/c1-8(2)16-12(14)10-7-13-11(17-10)9-3-5-15-6-4-9/h7-9H,3-6H2,1-2H3. The number of nitrogens with zero attached hydrogens (tertiary/aromatic N) is 1. The lowest BCUT2D eigenvalue weighted by atomic mass is 10.0. The maximum Gasteiger partial charge on any atom is 0.350 e. The number of hydrogen-bond acceptors (Lipinski definition) is 5. The van der Waals surface area contributed by atoms with Gasteiger partial charge in [-0.1, -0.05) is 0 Å². The number of thiazole rings is 1. The maximum atomic E-state index is 11.7.